The number of benzene rings is 3. The zero-order valence-corrected chi connectivity index (χ0v) is 17.4. The number of carboxylic acids is 1. The minimum atomic E-state index is -1.06. The van der Waals surface area contributed by atoms with Gasteiger partial charge in [-0.1, -0.05) is 30.3 Å². The molecule has 7 nitrogen and oxygen atoms in total. The van der Waals surface area contributed by atoms with E-state index in [-0.39, 0.29) is 11.1 Å². The van der Waals surface area contributed by atoms with Crippen LogP contribution in [0.3, 0.4) is 0 Å². The minimum Gasteiger partial charge on any atom is -0.489 e. The van der Waals surface area contributed by atoms with E-state index in [9.17, 15) is 14.9 Å². The molecule has 0 bridgehead atoms. The molecule has 3 N–H and O–H groups in total. The molecular weight excluding hydrogens is 418 g/mol. The van der Waals surface area contributed by atoms with Crippen LogP contribution in [-0.4, -0.2) is 22.0 Å². The molecule has 0 aliphatic carbocycles. The van der Waals surface area contributed by atoms with Gasteiger partial charge in [-0.15, -0.1) is 0 Å². The maximum Gasteiger partial charge on any atom is 0.335 e. The van der Waals surface area contributed by atoms with E-state index >= 15 is 0 Å². The zero-order valence-electron chi connectivity index (χ0n) is 17.4. The van der Waals surface area contributed by atoms with Crippen molar-refractivity contribution in [3.8, 4) is 11.8 Å². The molecule has 4 aromatic rings. The minimum absolute atomic E-state index is 0.0891. The number of rotatable bonds is 7. The van der Waals surface area contributed by atoms with Gasteiger partial charge < -0.3 is 20.1 Å². The fourth-order valence-corrected chi connectivity index (χ4v) is 3.27. The van der Waals surface area contributed by atoms with E-state index in [2.05, 4.69) is 10.3 Å². The van der Waals surface area contributed by atoms with Gasteiger partial charge in [0.25, 0.3) is 5.91 Å². The van der Waals surface area contributed by atoms with Crippen molar-refractivity contribution in [3.63, 3.8) is 0 Å². The van der Waals surface area contributed by atoms with Crippen molar-refractivity contribution in [1.29, 1.82) is 5.26 Å². The lowest BCUT2D eigenvalue weighted by Crippen LogP contribution is -2.13. The number of aromatic carboxylic acids is 1. The van der Waals surface area contributed by atoms with E-state index in [0.29, 0.717) is 23.6 Å². The molecule has 0 fully saturated rings. The van der Waals surface area contributed by atoms with Crippen LogP contribution in [0.1, 0.15) is 21.5 Å². The Kier molecular flexibility index (Phi) is 6.19. The Labute approximate surface area is 189 Å². The second-order valence-corrected chi connectivity index (χ2v) is 7.23. The van der Waals surface area contributed by atoms with Gasteiger partial charge in [0.2, 0.25) is 0 Å². The van der Waals surface area contributed by atoms with Gasteiger partial charge in [0.15, 0.2) is 0 Å². The van der Waals surface area contributed by atoms with E-state index in [1.807, 2.05) is 54.6 Å². The van der Waals surface area contributed by atoms with Crippen LogP contribution < -0.4 is 10.1 Å². The number of aromatic amines is 1. The molecule has 0 radical (unpaired) electrons. The molecule has 0 atom stereocenters. The predicted octanol–water partition coefficient (Wildman–Crippen LogP) is 4.99. The Morgan fingerprint density at radius 2 is 1.82 bits per heavy atom. The van der Waals surface area contributed by atoms with E-state index in [1.54, 1.807) is 6.20 Å². The molecule has 162 valence electrons. The van der Waals surface area contributed by atoms with Crippen molar-refractivity contribution in [2.24, 2.45) is 0 Å². The third-order valence-corrected chi connectivity index (χ3v) is 4.99. The van der Waals surface area contributed by atoms with Gasteiger partial charge >= 0.3 is 5.97 Å². The molecule has 1 amide bonds. The predicted molar refractivity (Wildman–Crippen MR) is 125 cm³/mol. The quantitative estimate of drug-likeness (QED) is 0.278. The highest BCUT2D eigenvalue weighted by Crippen LogP contribution is 2.26. The number of carboxylic acid groups (broad SMARTS) is 1. The van der Waals surface area contributed by atoms with Gasteiger partial charge in [0, 0.05) is 28.4 Å². The van der Waals surface area contributed by atoms with E-state index in [1.165, 1.54) is 30.3 Å². The van der Waals surface area contributed by atoms with Gasteiger partial charge in [0.1, 0.15) is 24.0 Å². The largest absolute Gasteiger partial charge is 0.489 e. The van der Waals surface area contributed by atoms with E-state index in [0.717, 1.165) is 16.5 Å². The summed E-state index contributed by atoms with van der Waals surface area (Å²) in [6.45, 7) is 0.425. The lowest BCUT2D eigenvalue weighted by atomic mass is 10.1. The highest BCUT2D eigenvalue weighted by atomic mass is 16.5. The van der Waals surface area contributed by atoms with Gasteiger partial charge in [-0.25, -0.2) is 4.79 Å². The van der Waals surface area contributed by atoms with Crippen LogP contribution in [0, 0.1) is 11.3 Å². The van der Waals surface area contributed by atoms with Crippen molar-refractivity contribution >= 4 is 34.5 Å². The van der Waals surface area contributed by atoms with Gasteiger partial charge in [-0.2, -0.15) is 5.26 Å². The molecule has 0 aliphatic rings. The fourth-order valence-electron chi connectivity index (χ4n) is 3.27. The Morgan fingerprint density at radius 3 is 2.52 bits per heavy atom. The molecule has 0 unspecified atom stereocenters. The highest BCUT2D eigenvalue weighted by molar-refractivity contribution is 6.10. The second kappa shape index (κ2) is 9.54. The summed E-state index contributed by atoms with van der Waals surface area (Å²) in [5, 5.41) is 21.9. The average molecular weight is 437 g/mol. The zero-order chi connectivity index (χ0) is 23.2. The molecule has 33 heavy (non-hydrogen) atoms. The van der Waals surface area contributed by atoms with Crippen LogP contribution in [0.5, 0.6) is 5.75 Å². The maximum atomic E-state index is 12.6. The molecule has 0 saturated heterocycles. The topological polar surface area (TPSA) is 115 Å². The number of carbonyl (C=O) groups excluding carboxylic acids is 1. The highest BCUT2D eigenvalue weighted by Gasteiger charge is 2.12. The molecule has 0 saturated carbocycles. The Hall–Kier alpha value is -4.83. The van der Waals surface area contributed by atoms with Crippen molar-refractivity contribution in [2.45, 2.75) is 6.61 Å². The fraction of sp³-hybridized carbons (Fsp3) is 0.0385. The Bertz CT molecular complexity index is 1380. The number of fused-ring (bicyclic) bond motifs is 1. The number of anilines is 1. The monoisotopic (exact) mass is 437 g/mol. The van der Waals surface area contributed by atoms with Crippen molar-refractivity contribution in [1.82, 2.24) is 4.98 Å². The SMILES string of the molecule is N#C/C(=C\c1c[nH]c2ccc(OCc3ccccc3)cc12)C(=O)Nc1ccc(C(=O)O)cc1. The first kappa shape index (κ1) is 21.4. The summed E-state index contributed by atoms with van der Waals surface area (Å²) in [5.41, 5.74) is 2.97. The number of aromatic nitrogens is 1. The number of nitrogens with one attached hydrogen (secondary N) is 2. The third kappa shape index (κ3) is 5.09. The van der Waals surface area contributed by atoms with Crippen LogP contribution in [0.2, 0.25) is 0 Å². The first-order valence-corrected chi connectivity index (χ1v) is 10.1. The van der Waals surface area contributed by atoms with Crippen LogP contribution in [-0.2, 0) is 11.4 Å². The normalized spacial score (nSPS) is 11.1. The van der Waals surface area contributed by atoms with Crippen molar-refractivity contribution < 1.29 is 19.4 Å². The van der Waals surface area contributed by atoms with E-state index < -0.39 is 11.9 Å². The number of nitrogens with zero attached hydrogens (tertiary/aromatic N) is 1. The first-order chi connectivity index (χ1) is 16.0. The summed E-state index contributed by atoms with van der Waals surface area (Å²) in [6.07, 6.45) is 3.22. The molecule has 1 heterocycles. The van der Waals surface area contributed by atoms with E-state index in [4.69, 9.17) is 9.84 Å². The number of carbonyl (C=O) groups is 2. The van der Waals surface area contributed by atoms with Gasteiger partial charge in [-0.05, 0) is 54.1 Å². The third-order valence-electron chi connectivity index (χ3n) is 4.99. The number of nitriles is 1. The number of ether oxygens (including phenoxy) is 1. The summed E-state index contributed by atoms with van der Waals surface area (Å²) in [7, 11) is 0. The molecule has 0 spiro atoms. The second-order valence-electron chi connectivity index (χ2n) is 7.23. The first-order valence-electron chi connectivity index (χ1n) is 10.1. The molecule has 4 rings (SSSR count). The molecule has 1 aromatic heterocycles. The van der Waals surface area contributed by atoms with Crippen LogP contribution >= 0.6 is 0 Å². The summed E-state index contributed by atoms with van der Waals surface area (Å²) in [4.78, 5) is 26.7. The Morgan fingerprint density at radius 1 is 1.06 bits per heavy atom. The number of amides is 1. The number of H-pyrrole nitrogens is 1. The van der Waals surface area contributed by atoms with Crippen molar-refractivity contribution in [3.05, 3.63) is 101 Å². The lowest BCUT2D eigenvalue weighted by molar-refractivity contribution is -0.112. The van der Waals surface area contributed by atoms with Crippen LogP contribution in [0.25, 0.3) is 17.0 Å². The van der Waals surface area contributed by atoms with Crippen LogP contribution in [0.4, 0.5) is 5.69 Å². The smallest absolute Gasteiger partial charge is 0.335 e. The maximum absolute atomic E-state index is 12.6. The molecule has 7 heteroatoms. The summed E-state index contributed by atoms with van der Waals surface area (Å²) in [6, 6.07) is 23.0. The summed E-state index contributed by atoms with van der Waals surface area (Å²) < 4.78 is 5.89. The molecule has 0 aliphatic heterocycles. The van der Waals surface area contributed by atoms with Gasteiger partial charge in [0.05, 0.1) is 5.56 Å². The summed E-state index contributed by atoms with van der Waals surface area (Å²) >= 11 is 0. The Balaban J connectivity index is 1.53. The lowest BCUT2D eigenvalue weighted by Gasteiger charge is -2.07. The summed E-state index contributed by atoms with van der Waals surface area (Å²) in [5.74, 6) is -0.981. The van der Waals surface area contributed by atoms with Crippen molar-refractivity contribution in [2.75, 3.05) is 5.32 Å². The van der Waals surface area contributed by atoms with Crippen LogP contribution in [0.15, 0.2) is 84.6 Å². The van der Waals surface area contributed by atoms with Gasteiger partial charge in [-0.3, -0.25) is 4.79 Å². The number of hydrogen-bond donors (Lipinski definition) is 3. The molecular formula is C26H19N3O4. The molecule has 3 aromatic carbocycles. The number of hydrogen-bond acceptors (Lipinski definition) is 4. The average Bonchev–Trinajstić information content (AvgIpc) is 3.24. The standard InChI is InChI=1S/C26H19N3O4/c27-14-19(25(30)29-21-8-6-18(7-9-21)26(31)32)12-20-15-28-24-11-10-22(13-23(20)24)33-16-17-4-2-1-3-5-17/h1-13,15,28H,16H2,(H,29,30)(H,31,32)/b19-12+.